The lowest BCUT2D eigenvalue weighted by Gasteiger charge is -2.14. The average molecular weight is 326 g/mol. The van der Waals surface area contributed by atoms with Crippen molar-refractivity contribution in [1.29, 1.82) is 0 Å². The van der Waals surface area contributed by atoms with E-state index in [-0.39, 0.29) is 5.91 Å². The molecule has 1 N–H and O–H groups in total. The van der Waals surface area contributed by atoms with Crippen LogP contribution >= 0.6 is 0 Å². The van der Waals surface area contributed by atoms with Crippen LogP contribution in [-0.4, -0.2) is 46.8 Å². The second kappa shape index (κ2) is 8.11. The van der Waals surface area contributed by atoms with Gasteiger partial charge in [-0.05, 0) is 37.4 Å². The van der Waals surface area contributed by atoms with Crippen molar-refractivity contribution in [3.05, 3.63) is 53.9 Å². The van der Waals surface area contributed by atoms with Crippen LogP contribution in [0.3, 0.4) is 0 Å². The van der Waals surface area contributed by atoms with Gasteiger partial charge in [0, 0.05) is 19.3 Å². The van der Waals surface area contributed by atoms with Crippen LogP contribution in [-0.2, 0) is 6.54 Å². The van der Waals surface area contributed by atoms with Crippen LogP contribution in [0.15, 0.2) is 42.7 Å². The third kappa shape index (κ3) is 4.45. The fourth-order valence-corrected chi connectivity index (χ4v) is 3.28. The molecule has 0 spiro atoms. The molecule has 2 heterocycles. The summed E-state index contributed by atoms with van der Waals surface area (Å²) in [7, 11) is 0. The maximum absolute atomic E-state index is 12.3. The Hall–Kier alpha value is -2.14. The first-order valence-electron chi connectivity index (χ1n) is 8.81. The van der Waals surface area contributed by atoms with E-state index in [2.05, 4.69) is 34.4 Å². The zero-order valence-electron chi connectivity index (χ0n) is 14.3. The first-order valence-corrected chi connectivity index (χ1v) is 8.81. The second-order valence-corrected chi connectivity index (χ2v) is 6.58. The molecule has 1 aliphatic heterocycles. The highest BCUT2D eigenvalue weighted by atomic mass is 16.1. The smallest absolute Gasteiger partial charge is 0.254 e. The summed E-state index contributed by atoms with van der Waals surface area (Å²) in [5, 5.41) is 7.36. The van der Waals surface area contributed by atoms with Gasteiger partial charge in [-0.1, -0.05) is 37.3 Å². The molecule has 1 atom stereocenters. The normalized spacial score (nSPS) is 18.0. The third-order valence-electron chi connectivity index (χ3n) is 4.54. The number of rotatable bonds is 7. The maximum Gasteiger partial charge on any atom is 0.254 e. The second-order valence-electron chi connectivity index (χ2n) is 6.58. The molecule has 1 aromatic carbocycles. The molecule has 1 fully saturated rings. The summed E-state index contributed by atoms with van der Waals surface area (Å²) < 4.78 is 1.81. The lowest BCUT2D eigenvalue weighted by Crippen LogP contribution is -2.31. The number of aromatic nitrogens is 2. The van der Waals surface area contributed by atoms with E-state index in [9.17, 15) is 4.79 Å². The standard InChI is InChI=1S/C19H26N4O/c1-2-9-22-10-8-17(13-22)11-20-19(24)18-12-21-23(15-18)14-16-6-4-3-5-7-16/h3-7,12,15,17H,2,8-11,13-14H2,1H3,(H,20,24)/t17-/m1/s1. The van der Waals surface area contributed by atoms with E-state index in [1.54, 1.807) is 6.20 Å². The van der Waals surface area contributed by atoms with Crippen molar-refractivity contribution >= 4 is 5.91 Å². The molecule has 0 aliphatic carbocycles. The van der Waals surface area contributed by atoms with Gasteiger partial charge in [-0.2, -0.15) is 5.10 Å². The minimum Gasteiger partial charge on any atom is -0.352 e. The Morgan fingerprint density at radius 2 is 2.17 bits per heavy atom. The van der Waals surface area contributed by atoms with Crippen molar-refractivity contribution in [2.75, 3.05) is 26.2 Å². The average Bonchev–Trinajstić information content (AvgIpc) is 3.24. The third-order valence-corrected chi connectivity index (χ3v) is 4.54. The Labute approximate surface area is 143 Å². The van der Waals surface area contributed by atoms with Gasteiger partial charge >= 0.3 is 0 Å². The SMILES string of the molecule is CCCN1CC[C@H](CNC(=O)c2cnn(Cc3ccccc3)c2)C1. The van der Waals surface area contributed by atoms with Crippen molar-refractivity contribution in [3.63, 3.8) is 0 Å². The summed E-state index contributed by atoms with van der Waals surface area (Å²) in [6.07, 6.45) is 5.84. The molecule has 1 aliphatic rings. The van der Waals surface area contributed by atoms with Crippen LogP contribution in [0.25, 0.3) is 0 Å². The highest BCUT2D eigenvalue weighted by molar-refractivity contribution is 5.93. The molecular formula is C19H26N4O. The highest BCUT2D eigenvalue weighted by Gasteiger charge is 2.22. The topological polar surface area (TPSA) is 50.2 Å². The van der Waals surface area contributed by atoms with Gasteiger partial charge in [-0.25, -0.2) is 0 Å². The quantitative estimate of drug-likeness (QED) is 0.850. The Morgan fingerprint density at radius 1 is 1.33 bits per heavy atom. The molecule has 128 valence electrons. The number of hydrogen-bond donors (Lipinski definition) is 1. The Kier molecular flexibility index (Phi) is 5.64. The predicted octanol–water partition coefficient (Wildman–Crippen LogP) is 2.39. The molecule has 3 rings (SSSR count). The lowest BCUT2D eigenvalue weighted by molar-refractivity contribution is 0.0947. The predicted molar refractivity (Wildman–Crippen MR) is 94.9 cm³/mol. The molecular weight excluding hydrogens is 300 g/mol. The van der Waals surface area contributed by atoms with E-state index in [0.717, 1.165) is 26.2 Å². The number of carbonyl (C=O) groups is 1. The van der Waals surface area contributed by atoms with Crippen molar-refractivity contribution in [2.45, 2.75) is 26.3 Å². The van der Waals surface area contributed by atoms with E-state index in [1.807, 2.05) is 29.1 Å². The molecule has 1 saturated heterocycles. The van der Waals surface area contributed by atoms with E-state index in [0.29, 0.717) is 18.0 Å². The van der Waals surface area contributed by atoms with Gasteiger partial charge in [0.25, 0.3) is 5.91 Å². The number of benzene rings is 1. The summed E-state index contributed by atoms with van der Waals surface area (Å²) in [4.78, 5) is 14.8. The minimum atomic E-state index is -0.0248. The van der Waals surface area contributed by atoms with E-state index in [4.69, 9.17) is 0 Å². The molecule has 1 amide bonds. The van der Waals surface area contributed by atoms with Gasteiger partial charge in [-0.3, -0.25) is 9.48 Å². The monoisotopic (exact) mass is 326 g/mol. The summed E-state index contributed by atoms with van der Waals surface area (Å²) in [5.41, 5.74) is 1.81. The van der Waals surface area contributed by atoms with E-state index < -0.39 is 0 Å². The Bertz CT molecular complexity index is 652. The number of nitrogens with zero attached hydrogens (tertiary/aromatic N) is 3. The molecule has 0 unspecified atom stereocenters. The molecule has 5 nitrogen and oxygen atoms in total. The lowest BCUT2D eigenvalue weighted by atomic mass is 10.1. The van der Waals surface area contributed by atoms with Gasteiger partial charge in [0.2, 0.25) is 0 Å². The van der Waals surface area contributed by atoms with Crippen LogP contribution in [0.2, 0.25) is 0 Å². The Morgan fingerprint density at radius 3 is 2.96 bits per heavy atom. The minimum absolute atomic E-state index is 0.0248. The first-order chi connectivity index (χ1) is 11.7. The molecule has 2 aromatic rings. The summed E-state index contributed by atoms with van der Waals surface area (Å²) in [6, 6.07) is 10.1. The molecule has 0 saturated carbocycles. The zero-order chi connectivity index (χ0) is 16.8. The number of hydrogen-bond acceptors (Lipinski definition) is 3. The highest BCUT2D eigenvalue weighted by Crippen LogP contribution is 2.15. The summed E-state index contributed by atoms with van der Waals surface area (Å²) in [5.74, 6) is 0.545. The van der Waals surface area contributed by atoms with Crippen molar-refractivity contribution < 1.29 is 4.79 Å². The zero-order valence-corrected chi connectivity index (χ0v) is 14.3. The number of carbonyl (C=O) groups excluding carboxylic acids is 1. The van der Waals surface area contributed by atoms with Gasteiger partial charge < -0.3 is 10.2 Å². The molecule has 0 bridgehead atoms. The van der Waals surface area contributed by atoms with Crippen molar-refractivity contribution in [2.24, 2.45) is 5.92 Å². The number of likely N-dealkylation sites (tertiary alicyclic amines) is 1. The van der Waals surface area contributed by atoms with Crippen LogP contribution in [0, 0.1) is 5.92 Å². The van der Waals surface area contributed by atoms with Crippen molar-refractivity contribution in [1.82, 2.24) is 20.0 Å². The summed E-state index contributed by atoms with van der Waals surface area (Å²) in [6.45, 7) is 7.06. The van der Waals surface area contributed by atoms with Crippen LogP contribution in [0.5, 0.6) is 0 Å². The van der Waals surface area contributed by atoms with Gasteiger partial charge in [0.15, 0.2) is 0 Å². The van der Waals surface area contributed by atoms with Gasteiger partial charge in [0.05, 0.1) is 18.3 Å². The van der Waals surface area contributed by atoms with E-state index >= 15 is 0 Å². The van der Waals surface area contributed by atoms with Crippen molar-refractivity contribution in [3.8, 4) is 0 Å². The number of amides is 1. The molecule has 1 aromatic heterocycles. The molecule has 24 heavy (non-hydrogen) atoms. The van der Waals surface area contributed by atoms with Crippen LogP contribution < -0.4 is 5.32 Å². The van der Waals surface area contributed by atoms with Crippen LogP contribution in [0.1, 0.15) is 35.7 Å². The summed E-state index contributed by atoms with van der Waals surface area (Å²) >= 11 is 0. The molecule has 5 heteroatoms. The largest absolute Gasteiger partial charge is 0.352 e. The van der Waals surface area contributed by atoms with Gasteiger partial charge in [0.1, 0.15) is 0 Å². The van der Waals surface area contributed by atoms with Crippen LogP contribution in [0.4, 0.5) is 0 Å². The molecule has 0 radical (unpaired) electrons. The number of nitrogens with one attached hydrogen (secondary N) is 1. The van der Waals surface area contributed by atoms with Gasteiger partial charge in [-0.15, -0.1) is 0 Å². The fourth-order valence-electron chi connectivity index (χ4n) is 3.28. The first kappa shape index (κ1) is 16.7. The fraction of sp³-hybridized carbons (Fsp3) is 0.474. The Balaban J connectivity index is 1.47. The maximum atomic E-state index is 12.3. The van der Waals surface area contributed by atoms with E-state index in [1.165, 1.54) is 18.4 Å².